The monoisotopic (exact) mass is 728 g/mol. The van der Waals surface area contributed by atoms with Gasteiger partial charge in [0.2, 0.25) is 5.95 Å². The second-order valence-electron chi connectivity index (χ2n) is 10.9. The van der Waals surface area contributed by atoms with E-state index >= 15 is 0 Å². The minimum atomic E-state index is -4.64. The zero-order chi connectivity index (χ0) is 36.4. The number of benzene rings is 1. The van der Waals surface area contributed by atoms with Crippen molar-refractivity contribution in [1.82, 2.24) is 24.6 Å². The van der Waals surface area contributed by atoms with Crippen LogP contribution in [0.5, 0.6) is 5.75 Å². The Hall–Kier alpha value is -3.75. The van der Waals surface area contributed by atoms with Crippen LogP contribution in [0.15, 0.2) is 71.3 Å². The Bertz CT molecular complexity index is 1690. The number of nitrogens with two attached hydrogens (primary N) is 1. The first-order valence-corrected chi connectivity index (χ1v) is 16.9. The number of fused-ring (bicyclic) bond motifs is 1. The summed E-state index contributed by atoms with van der Waals surface area (Å²) in [4.78, 5) is 36.1. The summed E-state index contributed by atoms with van der Waals surface area (Å²) < 4.78 is 65.5. The predicted octanol–water partition coefficient (Wildman–Crippen LogP) is 6.96. The van der Waals surface area contributed by atoms with Crippen LogP contribution in [0.25, 0.3) is 11.2 Å². The van der Waals surface area contributed by atoms with Gasteiger partial charge >= 0.3 is 20.7 Å². The third-order valence-electron chi connectivity index (χ3n) is 7.27. The quantitative estimate of drug-likeness (QED) is 0.0801. The summed E-state index contributed by atoms with van der Waals surface area (Å²) in [6.45, 7) is 9.99. The molecule has 0 saturated heterocycles. The molecule has 0 radical (unpaired) electrons. The maximum absolute atomic E-state index is 13.5. The molecule has 3 aromatic rings. The summed E-state index contributed by atoms with van der Waals surface area (Å²) in [5.41, 5.74) is 3.45. The fourth-order valence-corrected chi connectivity index (χ4v) is 6.08. The van der Waals surface area contributed by atoms with Crippen LogP contribution in [-0.4, -0.2) is 63.6 Å². The number of methoxy groups -OCH3 is 1. The molecule has 1 fully saturated rings. The Morgan fingerprint density at radius 3 is 2.55 bits per heavy atom. The molecule has 0 aliphatic heterocycles. The van der Waals surface area contributed by atoms with Crippen LogP contribution in [0.1, 0.15) is 53.0 Å². The van der Waals surface area contributed by atoms with Crippen molar-refractivity contribution in [3.05, 3.63) is 81.9 Å². The maximum atomic E-state index is 13.5. The molecule has 49 heavy (non-hydrogen) atoms. The summed E-state index contributed by atoms with van der Waals surface area (Å²) in [6.07, 6.45) is 0.758. The topological polar surface area (TPSA) is 156 Å². The number of hydrogen-bond donors (Lipinski definition) is 3. The van der Waals surface area contributed by atoms with E-state index < -0.39 is 50.1 Å². The molecule has 1 saturated carbocycles. The van der Waals surface area contributed by atoms with Crippen LogP contribution >= 0.6 is 20.1 Å². The molecule has 3 atom stereocenters. The summed E-state index contributed by atoms with van der Waals surface area (Å²) in [6, 6.07) is 6.26. The lowest BCUT2D eigenvalue weighted by atomic mass is 10.1. The molecule has 268 valence electrons. The minimum Gasteiger partial charge on any atom is -0.460 e. The Balaban J connectivity index is 0.00000319. The highest BCUT2D eigenvalue weighted by Crippen LogP contribution is 2.47. The number of anilines is 1. The molecule has 1 aliphatic carbocycles. The van der Waals surface area contributed by atoms with E-state index in [0.717, 1.165) is 12.2 Å². The van der Waals surface area contributed by atoms with Crippen LogP contribution in [0.3, 0.4) is 0 Å². The van der Waals surface area contributed by atoms with E-state index in [4.69, 9.17) is 35.9 Å². The number of ether oxygens (including phenoxy) is 2. The number of nitrogens with one attached hydrogen (secondary N) is 2. The zero-order valence-electron chi connectivity index (χ0n) is 27.8. The molecular weight excluding hydrogens is 688 g/mol. The first-order chi connectivity index (χ1) is 23.3. The number of alkyl halides is 3. The molecule has 0 bridgehead atoms. The van der Waals surface area contributed by atoms with E-state index in [2.05, 4.69) is 26.6 Å². The first-order valence-electron chi connectivity index (χ1n) is 15.4. The Kier molecular flexibility index (Phi) is 14.4. The number of allylic oxidation sites excluding steroid dienone is 4. The van der Waals surface area contributed by atoms with Gasteiger partial charge in [0.15, 0.2) is 11.2 Å². The molecule has 0 spiro atoms. The Labute approximate surface area is 288 Å². The van der Waals surface area contributed by atoms with Crippen LogP contribution in [0, 0.1) is 0 Å². The Morgan fingerprint density at radius 2 is 1.96 bits per heavy atom. The van der Waals surface area contributed by atoms with E-state index in [-0.39, 0.29) is 29.7 Å². The normalized spacial score (nSPS) is 16.3. The smallest absolute Gasteiger partial charge is 0.416 e. The van der Waals surface area contributed by atoms with Crippen LogP contribution in [-0.2, 0) is 18.8 Å². The van der Waals surface area contributed by atoms with E-state index in [9.17, 15) is 22.8 Å². The summed E-state index contributed by atoms with van der Waals surface area (Å²) in [5.74, 6) is -0.364. The highest BCUT2D eigenvalue weighted by Gasteiger charge is 2.54. The van der Waals surface area contributed by atoms with Crippen molar-refractivity contribution >= 4 is 43.2 Å². The number of carbonyl (C=O) groups is 1. The van der Waals surface area contributed by atoms with Crippen LogP contribution < -0.4 is 20.9 Å². The zero-order valence-corrected chi connectivity index (χ0v) is 29.5. The Morgan fingerprint density at radius 1 is 1.29 bits per heavy atom. The SMILES string of the molecule is C=C/C=C\C(=C(/C)COC(=O)C1(NP(OCC(CC(C)n2cnc3c(=O)[nH]c(N)nc32)OC)Oc2ccc(Cl)cc2)CC1)C(F)(F)F.CC. The minimum absolute atomic E-state index is 0.0213. The van der Waals surface area contributed by atoms with Crippen molar-refractivity contribution in [3.63, 3.8) is 0 Å². The fraction of sp³-hybridized carbons (Fsp3) is 0.438. The van der Waals surface area contributed by atoms with E-state index in [1.54, 1.807) is 28.8 Å². The number of aromatic amines is 1. The van der Waals surface area contributed by atoms with Gasteiger partial charge in [-0.25, -0.2) is 10.1 Å². The lowest BCUT2D eigenvalue weighted by molar-refractivity contribution is -0.146. The molecule has 4 rings (SSSR count). The highest BCUT2D eigenvalue weighted by molar-refractivity contribution is 7.45. The number of aromatic nitrogens is 4. The fourth-order valence-electron chi connectivity index (χ4n) is 4.51. The summed E-state index contributed by atoms with van der Waals surface area (Å²) >= 11 is 6.02. The van der Waals surface area contributed by atoms with Crippen molar-refractivity contribution < 1.29 is 36.5 Å². The van der Waals surface area contributed by atoms with Gasteiger partial charge in [-0.05, 0) is 69.0 Å². The predicted molar refractivity (Wildman–Crippen MR) is 183 cm³/mol. The summed E-state index contributed by atoms with van der Waals surface area (Å²) in [7, 11) is -0.484. The molecule has 12 nitrogen and oxygen atoms in total. The summed E-state index contributed by atoms with van der Waals surface area (Å²) in [5, 5.41) is 3.58. The van der Waals surface area contributed by atoms with Gasteiger partial charge in [0.05, 0.1) is 24.6 Å². The van der Waals surface area contributed by atoms with Crippen molar-refractivity contribution in [3.8, 4) is 5.75 Å². The van der Waals surface area contributed by atoms with E-state index in [0.29, 0.717) is 35.7 Å². The standard InChI is InChI=1S/C30H35ClF3N6O6P.C2H6/c1-5-6-7-23(30(32,33)34)18(2)15-44-27(42)29(12-13-29)39-47(46-21-10-8-20(31)9-11-21)45-16-22(43-4)14-19(3)40-17-36-24-25(40)37-28(35)38-26(24)41;1-2/h5-11,17,19,22,39H,1,12-16H2,2-4H3,(H3,35,37,38,41);1-2H3/b7-6-,23-18-;. The number of rotatable bonds is 16. The molecule has 3 unspecified atom stereocenters. The first kappa shape index (κ1) is 39.7. The average Bonchev–Trinajstić information content (AvgIpc) is 3.72. The maximum Gasteiger partial charge on any atom is 0.416 e. The molecule has 2 aromatic heterocycles. The largest absolute Gasteiger partial charge is 0.460 e. The third kappa shape index (κ3) is 10.9. The lowest BCUT2D eigenvalue weighted by Crippen LogP contribution is -2.39. The molecule has 1 aliphatic rings. The molecule has 4 N–H and O–H groups in total. The van der Waals surface area contributed by atoms with Crippen molar-refractivity contribution in [1.29, 1.82) is 0 Å². The number of H-pyrrole nitrogens is 1. The van der Waals surface area contributed by atoms with Crippen molar-refractivity contribution in [2.24, 2.45) is 0 Å². The molecular formula is C32H41ClF3N6O6P. The van der Waals surface area contributed by atoms with Crippen molar-refractivity contribution in [2.45, 2.75) is 70.8 Å². The van der Waals surface area contributed by atoms with Crippen molar-refractivity contribution in [2.75, 3.05) is 26.1 Å². The highest BCUT2D eigenvalue weighted by atomic mass is 35.5. The van der Waals surface area contributed by atoms with Gasteiger partial charge in [-0.15, -0.1) is 0 Å². The van der Waals surface area contributed by atoms with Gasteiger partial charge in [0, 0.05) is 18.2 Å². The number of carbonyl (C=O) groups excluding carboxylic acids is 1. The third-order valence-corrected chi connectivity index (χ3v) is 8.90. The van der Waals surface area contributed by atoms with E-state index in [1.807, 2.05) is 20.8 Å². The van der Waals surface area contributed by atoms with Gasteiger partial charge < -0.3 is 28.8 Å². The van der Waals surface area contributed by atoms with Crippen LogP contribution in [0.4, 0.5) is 19.1 Å². The molecule has 2 heterocycles. The molecule has 0 amide bonds. The number of nitrogen functional groups attached to an aromatic ring is 1. The van der Waals surface area contributed by atoms with Gasteiger partial charge in [-0.1, -0.05) is 44.2 Å². The van der Waals surface area contributed by atoms with Gasteiger partial charge in [0.1, 0.15) is 17.9 Å². The lowest BCUT2D eigenvalue weighted by Gasteiger charge is -2.26. The number of nitrogens with zero attached hydrogens (tertiary/aromatic N) is 3. The second kappa shape index (κ2) is 17.8. The average molecular weight is 729 g/mol. The van der Waals surface area contributed by atoms with Crippen LogP contribution in [0.2, 0.25) is 5.02 Å². The van der Waals surface area contributed by atoms with Gasteiger partial charge in [-0.2, -0.15) is 18.2 Å². The number of halogens is 4. The molecule has 17 heteroatoms. The van der Waals surface area contributed by atoms with Gasteiger partial charge in [-0.3, -0.25) is 14.6 Å². The van der Waals surface area contributed by atoms with Gasteiger partial charge in [0.25, 0.3) is 5.56 Å². The number of esters is 1. The number of hydrogen-bond acceptors (Lipinski definition) is 10. The van der Waals surface area contributed by atoms with E-state index in [1.165, 1.54) is 26.4 Å². The molecule has 1 aromatic carbocycles. The second-order valence-corrected chi connectivity index (χ2v) is 12.5. The number of imidazole rings is 1.